The van der Waals surface area contributed by atoms with Crippen LogP contribution in [0.4, 0.5) is 5.69 Å². The maximum absolute atomic E-state index is 12.0. The number of carbonyl (C=O) groups is 1. The summed E-state index contributed by atoms with van der Waals surface area (Å²) in [6.07, 6.45) is 19.2. The van der Waals surface area contributed by atoms with Gasteiger partial charge in [-0.1, -0.05) is 90.4 Å². The molecule has 0 saturated heterocycles. The lowest BCUT2D eigenvalue weighted by atomic mass is 10.0. The van der Waals surface area contributed by atoms with Crippen LogP contribution in [0.2, 0.25) is 0 Å². The summed E-state index contributed by atoms with van der Waals surface area (Å²) in [7, 11) is 0. The predicted molar refractivity (Wildman–Crippen MR) is 130 cm³/mol. The molecule has 0 radical (unpaired) electrons. The molecule has 0 amide bonds. The van der Waals surface area contributed by atoms with Gasteiger partial charge in [-0.25, -0.2) is 4.79 Å². The number of nitrogens with one attached hydrogen (secondary N) is 1. The minimum Gasteiger partial charge on any atom is -0.441 e. The molecule has 1 N–H and O–H groups in total. The smallest absolute Gasteiger partial charge is 0.339 e. The minimum absolute atomic E-state index is 0.463. The molecule has 0 fully saturated rings. The monoisotopic (exact) mass is 428 g/mol. The Morgan fingerprint density at radius 1 is 0.839 bits per heavy atom. The molecule has 1 aromatic carbocycles. The first-order chi connectivity index (χ1) is 15.0. The van der Waals surface area contributed by atoms with Gasteiger partial charge in [-0.15, -0.1) is 0 Å². The van der Waals surface area contributed by atoms with Crippen molar-refractivity contribution in [1.82, 2.24) is 0 Å². The van der Waals surface area contributed by atoms with Crippen LogP contribution in [0.5, 0.6) is 0 Å². The summed E-state index contributed by atoms with van der Waals surface area (Å²) in [5.41, 5.74) is 0.359. The van der Waals surface area contributed by atoms with E-state index in [9.17, 15) is 4.79 Å². The van der Waals surface area contributed by atoms with E-state index in [-0.39, 0.29) is 0 Å². The summed E-state index contributed by atoms with van der Waals surface area (Å²) in [6.45, 7) is 6.38. The number of anilines is 1. The van der Waals surface area contributed by atoms with Crippen molar-refractivity contribution in [2.24, 2.45) is 0 Å². The standard InChI is InChI=1S/C27H44N2O2/c1-4-5-6-7-8-9-10-11-12-13-14-15-16-17-22-29-25-20-18-24(19-21-25)26(30)31-27(2,3)23-28/h18-21,29H,4-17,22H2,1-3H3. The van der Waals surface area contributed by atoms with Gasteiger partial charge in [0.05, 0.1) is 5.56 Å². The highest BCUT2D eigenvalue weighted by Gasteiger charge is 2.22. The zero-order valence-corrected chi connectivity index (χ0v) is 20.2. The molecular formula is C27H44N2O2. The average Bonchev–Trinajstić information content (AvgIpc) is 2.76. The Kier molecular flexibility index (Phi) is 14.5. The number of unbranched alkanes of at least 4 members (excludes halogenated alkanes) is 13. The zero-order valence-electron chi connectivity index (χ0n) is 20.2. The fourth-order valence-corrected chi connectivity index (χ4v) is 3.59. The molecular weight excluding hydrogens is 384 g/mol. The first-order valence-corrected chi connectivity index (χ1v) is 12.5. The van der Waals surface area contributed by atoms with Crippen LogP contribution < -0.4 is 5.32 Å². The third kappa shape index (κ3) is 13.8. The second-order valence-electron chi connectivity index (χ2n) is 9.11. The lowest BCUT2D eigenvalue weighted by Crippen LogP contribution is -2.25. The summed E-state index contributed by atoms with van der Waals surface area (Å²) in [4.78, 5) is 12.0. The Morgan fingerprint density at radius 3 is 1.74 bits per heavy atom. The van der Waals surface area contributed by atoms with Crippen LogP contribution in [0.25, 0.3) is 0 Å². The van der Waals surface area contributed by atoms with E-state index in [0.717, 1.165) is 18.7 Å². The SMILES string of the molecule is CCCCCCCCCCCCCCCCNc1ccc(C(=O)OC(C)(C)C#N)cc1. The number of ether oxygens (including phenoxy) is 1. The average molecular weight is 429 g/mol. The van der Waals surface area contributed by atoms with E-state index < -0.39 is 11.6 Å². The van der Waals surface area contributed by atoms with E-state index in [0.29, 0.717) is 5.56 Å². The molecule has 31 heavy (non-hydrogen) atoms. The fraction of sp³-hybridized carbons (Fsp3) is 0.704. The number of hydrogen-bond acceptors (Lipinski definition) is 4. The Bertz CT molecular complexity index is 632. The third-order valence-corrected chi connectivity index (χ3v) is 5.60. The molecule has 1 aromatic rings. The molecule has 1 rings (SSSR count). The Hall–Kier alpha value is -2.02. The van der Waals surface area contributed by atoms with Crippen molar-refractivity contribution in [3.8, 4) is 6.07 Å². The number of rotatable bonds is 18. The highest BCUT2D eigenvalue weighted by molar-refractivity contribution is 5.90. The number of benzene rings is 1. The van der Waals surface area contributed by atoms with Crippen molar-refractivity contribution < 1.29 is 9.53 Å². The zero-order chi connectivity index (χ0) is 22.8. The molecule has 0 spiro atoms. The summed E-state index contributed by atoms with van der Waals surface area (Å²) in [5, 5.41) is 12.4. The summed E-state index contributed by atoms with van der Waals surface area (Å²) < 4.78 is 5.18. The summed E-state index contributed by atoms with van der Waals surface area (Å²) >= 11 is 0. The Morgan fingerprint density at radius 2 is 1.29 bits per heavy atom. The van der Waals surface area contributed by atoms with Crippen LogP contribution in [-0.4, -0.2) is 18.1 Å². The molecule has 0 bridgehead atoms. The maximum atomic E-state index is 12.0. The molecule has 0 saturated carbocycles. The highest BCUT2D eigenvalue weighted by atomic mass is 16.6. The molecule has 174 valence electrons. The van der Waals surface area contributed by atoms with Crippen LogP contribution in [0.1, 0.15) is 121 Å². The molecule has 0 heterocycles. The van der Waals surface area contributed by atoms with Crippen LogP contribution in [0, 0.1) is 11.3 Å². The molecule has 0 unspecified atom stereocenters. The van der Waals surface area contributed by atoms with Crippen molar-refractivity contribution in [3.63, 3.8) is 0 Å². The topological polar surface area (TPSA) is 62.1 Å². The first-order valence-electron chi connectivity index (χ1n) is 12.5. The van der Waals surface area contributed by atoms with Crippen molar-refractivity contribution in [3.05, 3.63) is 29.8 Å². The van der Waals surface area contributed by atoms with E-state index in [1.54, 1.807) is 26.0 Å². The molecule has 4 nitrogen and oxygen atoms in total. The van der Waals surface area contributed by atoms with E-state index >= 15 is 0 Å². The second-order valence-corrected chi connectivity index (χ2v) is 9.11. The van der Waals surface area contributed by atoms with Gasteiger partial charge in [0.25, 0.3) is 0 Å². The van der Waals surface area contributed by atoms with Crippen molar-refractivity contribution >= 4 is 11.7 Å². The van der Waals surface area contributed by atoms with E-state index in [2.05, 4.69) is 12.2 Å². The lowest BCUT2D eigenvalue weighted by molar-refractivity contribution is 0.0198. The molecule has 0 aliphatic carbocycles. The number of nitriles is 1. The van der Waals surface area contributed by atoms with Gasteiger partial charge in [-0.05, 0) is 44.5 Å². The van der Waals surface area contributed by atoms with E-state index in [1.807, 2.05) is 18.2 Å². The van der Waals surface area contributed by atoms with Gasteiger partial charge < -0.3 is 10.1 Å². The first kappa shape index (κ1) is 27.0. The third-order valence-electron chi connectivity index (χ3n) is 5.60. The number of esters is 1. The van der Waals surface area contributed by atoms with Gasteiger partial charge >= 0.3 is 5.97 Å². The van der Waals surface area contributed by atoms with Crippen LogP contribution in [0.15, 0.2) is 24.3 Å². The number of carbonyl (C=O) groups excluding carboxylic acids is 1. The quantitative estimate of drug-likeness (QED) is 0.190. The Balaban J connectivity index is 1.99. The highest BCUT2D eigenvalue weighted by Crippen LogP contribution is 2.16. The fourth-order valence-electron chi connectivity index (χ4n) is 3.59. The van der Waals surface area contributed by atoms with Gasteiger partial charge in [-0.3, -0.25) is 0 Å². The van der Waals surface area contributed by atoms with Gasteiger partial charge in [0.1, 0.15) is 6.07 Å². The van der Waals surface area contributed by atoms with Crippen molar-refractivity contribution in [2.75, 3.05) is 11.9 Å². The van der Waals surface area contributed by atoms with Crippen LogP contribution >= 0.6 is 0 Å². The maximum Gasteiger partial charge on any atom is 0.339 e. The molecule has 0 aliphatic rings. The molecule has 0 aromatic heterocycles. The predicted octanol–water partition coefficient (Wildman–Crippen LogP) is 8.04. The van der Waals surface area contributed by atoms with Crippen LogP contribution in [0.3, 0.4) is 0 Å². The van der Waals surface area contributed by atoms with Gasteiger partial charge in [0.15, 0.2) is 5.60 Å². The largest absolute Gasteiger partial charge is 0.441 e. The van der Waals surface area contributed by atoms with Crippen molar-refractivity contribution in [2.45, 2.75) is 116 Å². The van der Waals surface area contributed by atoms with E-state index in [1.165, 1.54) is 83.5 Å². The minimum atomic E-state index is -1.11. The summed E-state index contributed by atoms with van der Waals surface area (Å²) in [5.74, 6) is -0.468. The molecule has 0 aliphatic heterocycles. The normalized spacial score (nSPS) is 11.2. The summed E-state index contributed by atoms with van der Waals surface area (Å²) in [6, 6.07) is 9.23. The van der Waals surface area contributed by atoms with Gasteiger partial charge in [0, 0.05) is 12.2 Å². The molecule has 0 atom stereocenters. The van der Waals surface area contributed by atoms with E-state index in [4.69, 9.17) is 10.00 Å². The number of hydrogen-bond donors (Lipinski definition) is 1. The van der Waals surface area contributed by atoms with Gasteiger partial charge in [0.2, 0.25) is 0 Å². The van der Waals surface area contributed by atoms with Gasteiger partial charge in [-0.2, -0.15) is 5.26 Å². The second kappa shape index (κ2) is 16.6. The van der Waals surface area contributed by atoms with Crippen LogP contribution in [-0.2, 0) is 4.74 Å². The lowest BCUT2D eigenvalue weighted by Gasteiger charge is -2.16. The number of nitrogens with zero attached hydrogens (tertiary/aromatic N) is 1. The molecule has 4 heteroatoms. The Labute approximate surface area is 190 Å². The van der Waals surface area contributed by atoms with Crippen molar-refractivity contribution in [1.29, 1.82) is 5.26 Å².